The predicted octanol–water partition coefficient (Wildman–Crippen LogP) is 5.15. The second-order valence-electron chi connectivity index (χ2n) is 4.72. The van der Waals surface area contributed by atoms with Gasteiger partial charge in [0.05, 0.1) is 28.4 Å². The van der Waals surface area contributed by atoms with Gasteiger partial charge in [-0.05, 0) is 43.3 Å². The first kappa shape index (κ1) is 18.1. The van der Waals surface area contributed by atoms with Gasteiger partial charge in [-0.2, -0.15) is 13.2 Å². The van der Waals surface area contributed by atoms with Gasteiger partial charge < -0.3 is 10.1 Å². The molecule has 2 aromatic carbocycles. The molecular weight excluding hydrogens is 350 g/mol. The summed E-state index contributed by atoms with van der Waals surface area (Å²) in [5.41, 5.74) is -1.17. The van der Waals surface area contributed by atoms with E-state index in [0.29, 0.717) is 0 Å². The number of halogens is 5. The molecule has 8 heteroatoms. The molecule has 0 unspecified atom stereocenters. The van der Waals surface area contributed by atoms with Crippen molar-refractivity contribution in [1.29, 1.82) is 0 Å². The van der Waals surface area contributed by atoms with Gasteiger partial charge in [-0.3, -0.25) is 4.79 Å². The normalized spacial score (nSPS) is 11.2. The highest BCUT2D eigenvalue weighted by Gasteiger charge is 2.31. The minimum absolute atomic E-state index is 0.0714. The minimum atomic E-state index is -4.57. The van der Waals surface area contributed by atoms with E-state index in [1.165, 1.54) is 0 Å². The van der Waals surface area contributed by atoms with E-state index in [2.05, 4.69) is 5.32 Å². The first-order chi connectivity index (χ1) is 11.2. The molecule has 0 heterocycles. The molecule has 0 bridgehead atoms. The summed E-state index contributed by atoms with van der Waals surface area (Å²) < 4.78 is 56.8. The van der Waals surface area contributed by atoms with Crippen LogP contribution in [0.5, 0.6) is 5.75 Å². The third-order valence-corrected chi connectivity index (χ3v) is 3.34. The molecule has 0 aromatic heterocycles. The van der Waals surface area contributed by atoms with Gasteiger partial charge in [-0.15, -0.1) is 0 Å². The van der Waals surface area contributed by atoms with E-state index >= 15 is 0 Å². The van der Waals surface area contributed by atoms with Gasteiger partial charge in [-0.25, -0.2) is 4.39 Å². The zero-order valence-electron chi connectivity index (χ0n) is 12.4. The number of carbonyl (C=O) groups excluding carboxylic acids is 1. The fourth-order valence-corrected chi connectivity index (χ4v) is 2.20. The Labute approximate surface area is 140 Å². The SMILES string of the molecule is CCOc1ccc(C(F)(F)F)cc1NC(=O)c1ccc(F)cc1Cl. The molecule has 0 saturated heterocycles. The molecule has 24 heavy (non-hydrogen) atoms. The number of benzene rings is 2. The van der Waals surface area contributed by atoms with Crippen LogP contribution in [0.4, 0.5) is 23.2 Å². The highest BCUT2D eigenvalue weighted by atomic mass is 35.5. The summed E-state index contributed by atoms with van der Waals surface area (Å²) in [5, 5.41) is 2.16. The van der Waals surface area contributed by atoms with Gasteiger partial charge in [0, 0.05) is 0 Å². The van der Waals surface area contributed by atoms with Crippen LogP contribution in [0.1, 0.15) is 22.8 Å². The molecule has 128 valence electrons. The van der Waals surface area contributed by atoms with Crippen molar-refractivity contribution in [1.82, 2.24) is 0 Å². The van der Waals surface area contributed by atoms with Crippen LogP contribution in [-0.4, -0.2) is 12.5 Å². The molecule has 0 aliphatic rings. The Bertz CT molecular complexity index is 762. The summed E-state index contributed by atoms with van der Waals surface area (Å²) in [7, 11) is 0. The van der Waals surface area contributed by atoms with E-state index in [9.17, 15) is 22.4 Å². The molecule has 0 atom stereocenters. The van der Waals surface area contributed by atoms with Crippen LogP contribution in [0.25, 0.3) is 0 Å². The fraction of sp³-hybridized carbons (Fsp3) is 0.188. The second-order valence-corrected chi connectivity index (χ2v) is 5.13. The van der Waals surface area contributed by atoms with Crippen molar-refractivity contribution in [2.24, 2.45) is 0 Å². The quantitative estimate of drug-likeness (QED) is 0.765. The van der Waals surface area contributed by atoms with Crippen molar-refractivity contribution in [3.8, 4) is 5.75 Å². The number of ether oxygens (including phenoxy) is 1. The van der Waals surface area contributed by atoms with Gasteiger partial charge in [0.2, 0.25) is 0 Å². The first-order valence-corrected chi connectivity index (χ1v) is 7.20. The van der Waals surface area contributed by atoms with Gasteiger partial charge in [0.15, 0.2) is 0 Å². The molecule has 0 fully saturated rings. The Morgan fingerprint density at radius 3 is 2.50 bits per heavy atom. The zero-order valence-corrected chi connectivity index (χ0v) is 13.1. The van der Waals surface area contributed by atoms with Crippen LogP contribution in [0.3, 0.4) is 0 Å². The molecule has 3 nitrogen and oxygen atoms in total. The number of hydrogen-bond donors (Lipinski definition) is 1. The Balaban J connectivity index is 2.37. The molecule has 0 aliphatic carbocycles. The molecule has 0 radical (unpaired) electrons. The topological polar surface area (TPSA) is 38.3 Å². The van der Waals surface area contributed by atoms with E-state index in [1.807, 2.05) is 0 Å². The van der Waals surface area contributed by atoms with Crippen molar-refractivity contribution in [3.63, 3.8) is 0 Å². The molecule has 0 aliphatic heterocycles. The van der Waals surface area contributed by atoms with Crippen LogP contribution >= 0.6 is 11.6 Å². The number of anilines is 1. The van der Waals surface area contributed by atoms with E-state index < -0.39 is 23.5 Å². The van der Waals surface area contributed by atoms with E-state index in [-0.39, 0.29) is 28.6 Å². The van der Waals surface area contributed by atoms with Crippen molar-refractivity contribution in [3.05, 3.63) is 58.4 Å². The van der Waals surface area contributed by atoms with Crippen LogP contribution in [0.2, 0.25) is 5.02 Å². The number of carbonyl (C=O) groups is 1. The first-order valence-electron chi connectivity index (χ1n) is 6.83. The number of rotatable bonds is 4. The molecule has 2 aromatic rings. The second kappa shape index (κ2) is 7.09. The summed E-state index contributed by atoms with van der Waals surface area (Å²) >= 11 is 5.78. The van der Waals surface area contributed by atoms with Crippen molar-refractivity contribution < 1.29 is 27.1 Å². The lowest BCUT2D eigenvalue weighted by molar-refractivity contribution is -0.137. The van der Waals surface area contributed by atoms with Gasteiger partial charge in [-0.1, -0.05) is 11.6 Å². The van der Waals surface area contributed by atoms with Crippen molar-refractivity contribution in [2.75, 3.05) is 11.9 Å². The summed E-state index contributed by atoms with van der Waals surface area (Å²) in [6.45, 7) is 1.85. The lowest BCUT2D eigenvalue weighted by Gasteiger charge is -2.15. The van der Waals surface area contributed by atoms with Crippen molar-refractivity contribution >= 4 is 23.2 Å². The highest BCUT2D eigenvalue weighted by Crippen LogP contribution is 2.35. The van der Waals surface area contributed by atoms with Crippen LogP contribution < -0.4 is 10.1 Å². The number of nitrogens with one attached hydrogen (secondary N) is 1. The monoisotopic (exact) mass is 361 g/mol. The number of alkyl halides is 3. The molecule has 0 saturated carbocycles. The van der Waals surface area contributed by atoms with Crippen LogP contribution in [-0.2, 0) is 6.18 Å². The van der Waals surface area contributed by atoms with Crippen molar-refractivity contribution in [2.45, 2.75) is 13.1 Å². The average Bonchev–Trinajstić information content (AvgIpc) is 2.48. The third kappa shape index (κ3) is 4.17. The Hall–Kier alpha value is -2.28. The maximum absolute atomic E-state index is 13.0. The van der Waals surface area contributed by atoms with E-state index in [0.717, 1.165) is 36.4 Å². The third-order valence-electron chi connectivity index (χ3n) is 3.03. The minimum Gasteiger partial charge on any atom is -0.492 e. The Kier molecular flexibility index (Phi) is 5.33. The molecule has 1 amide bonds. The van der Waals surface area contributed by atoms with E-state index in [1.54, 1.807) is 6.92 Å². The fourth-order valence-electron chi connectivity index (χ4n) is 1.95. The smallest absolute Gasteiger partial charge is 0.416 e. The van der Waals surface area contributed by atoms with Gasteiger partial charge in [0.1, 0.15) is 11.6 Å². The lowest BCUT2D eigenvalue weighted by atomic mass is 10.1. The molecule has 0 spiro atoms. The predicted molar refractivity (Wildman–Crippen MR) is 82.0 cm³/mol. The molecule has 2 rings (SSSR count). The van der Waals surface area contributed by atoms with Crippen LogP contribution in [0, 0.1) is 5.82 Å². The van der Waals surface area contributed by atoms with Crippen LogP contribution in [0.15, 0.2) is 36.4 Å². The standard InChI is InChI=1S/C16H12ClF4NO2/c1-2-24-14-6-3-9(16(19,20)21)7-13(14)22-15(23)11-5-4-10(18)8-12(11)17/h3-8H,2H2,1H3,(H,22,23). The average molecular weight is 362 g/mol. The molecular formula is C16H12ClF4NO2. The van der Waals surface area contributed by atoms with Gasteiger partial charge >= 0.3 is 6.18 Å². The maximum atomic E-state index is 13.0. The maximum Gasteiger partial charge on any atom is 0.416 e. The Morgan fingerprint density at radius 2 is 1.92 bits per heavy atom. The Morgan fingerprint density at radius 1 is 1.21 bits per heavy atom. The summed E-state index contributed by atoms with van der Waals surface area (Å²) in [6.07, 6.45) is -4.57. The van der Waals surface area contributed by atoms with Gasteiger partial charge in [0.25, 0.3) is 5.91 Å². The largest absolute Gasteiger partial charge is 0.492 e. The summed E-state index contributed by atoms with van der Waals surface area (Å²) in [5.74, 6) is -1.33. The highest BCUT2D eigenvalue weighted by molar-refractivity contribution is 6.34. The summed E-state index contributed by atoms with van der Waals surface area (Å²) in [4.78, 5) is 12.2. The summed E-state index contributed by atoms with van der Waals surface area (Å²) in [6, 6.07) is 5.84. The number of amides is 1. The van der Waals surface area contributed by atoms with E-state index in [4.69, 9.17) is 16.3 Å². The lowest BCUT2D eigenvalue weighted by Crippen LogP contribution is -2.15. The molecule has 1 N–H and O–H groups in total. The number of hydrogen-bond acceptors (Lipinski definition) is 2. The zero-order chi connectivity index (χ0) is 17.9.